The molecule has 5 nitrogen and oxygen atoms in total. The van der Waals surface area contributed by atoms with E-state index in [9.17, 15) is 9.90 Å². The van der Waals surface area contributed by atoms with E-state index in [1.54, 1.807) is 36.1 Å². The van der Waals surface area contributed by atoms with Crippen LogP contribution < -0.4 is 5.32 Å². The fourth-order valence-corrected chi connectivity index (χ4v) is 4.59. The number of nitrogens with one attached hydrogen (secondary N) is 1. The molecule has 0 radical (unpaired) electrons. The topological polar surface area (TPSA) is 71.5 Å². The van der Waals surface area contributed by atoms with Gasteiger partial charge in [-0.3, -0.25) is 0 Å². The maximum absolute atomic E-state index is 11.7. The Labute approximate surface area is 173 Å². The van der Waals surface area contributed by atoms with Crippen LogP contribution in [0.4, 0.5) is 0 Å². The van der Waals surface area contributed by atoms with Gasteiger partial charge in [0.2, 0.25) is 0 Å². The van der Waals surface area contributed by atoms with E-state index < -0.39 is 6.10 Å². The molecule has 0 aromatic carbocycles. The fourth-order valence-electron chi connectivity index (χ4n) is 1.87. The van der Waals surface area contributed by atoms with Crippen LogP contribution in [-0.4, -0.2) is 46.6 Å². The molecule has 1 atom stereocenters. The maximum Gasteiger partial charge on any atom is 0.348 e. The molecule has 0 amide bonds. The highest BCUT2D eigenvalue weighted by molar-refractivity contribution is 8.01. The average molecular weight is 437 g/mol. The fraction of sp³-hybridized carbons (Fsp3) is 0.529. The second kappa shape index (κ2) is 10.6. The molecule has 146 valence electrons. The van der Waals surface area contributed by atoms with Crippen molar-refractivity contribution < 1.29 is 14.6 Å². The standard InChI is InChI=1S/C17H24N2O3S3.ClH/c1-5-22-15(21)14-7-6-13(25-14)12-10-24-16(19-12)23-9-11(20)8-18-17(2,3)4;/h6-7,10-11,18,20H,5,8-9H2,1-4H3;1H. The van der Waals surface area contributed by atoms with E-state index >= 15 is 0 Å². The van der Waals surface area contributed by atoms with Crippen molar-refractivity contribution in [2.75, 3.05) is 18.9 Å². The number of thiophene rings is 1. The lowest BCUT2D eigenvalue weighted by atomic mass is 10.1. The molecule has 0 aliphatic rings. The number of carbonyl (C=O) groups is 1. The Hall–Kier alpha value is -0.640. The zero-order chi connectivity index (χ0) is 18.4. The van der Waals surface area contributed by atoms with Crippen molar-refractivity contribution in [2.24, 2.45) is 0 Å². The van der Waals surface area contributed by atoms with E-state index in [1.807, 2.05) is 11.4 Å². The molecule has 0 bridgehead atoms. The Morgan fingerprint density at radius 2 is 2.15 bits per heavy atom. The van der Waals surface area contributed by atoms with Crippen molar-refractivity contribution in [1.82, 2.24) is 10.3 Å². The average Bonchev–Trinajstić information content (AvgIpc) is 3.19. The molecular weight excluding hydrogens is 412 g/mol. The summed E-state index contributed by atoms with van der Waals surface area (Å²) in [5.41, 5.74) is 0.853. The Kier molecular flexibility index (Phi) is 9.57. The molecule has 0 aliphatic carbocycles. The summed E-state index contributed by atoms with van der Waals surface area (Å²) in [6, 6.07) is 3.66. The Morgan fingerprint density at radius 3 is 2.81 bits per heavy atom. The molecule has 9 heteroatoms. The van der Waals surface area contributed by atoms with Gasteiger partial charge in [-0.15, -0.1) is 35.1 Å². The van der Waals surface area contributed by atoms with Crippen molar-refractivity contribution in [3.8, 4) is 10.6 Å². The van der Waals surface area contributed by atoms with Crippen molar-refractivity contribution in [3.63, 3.8) is 0 Å². The molecule has 1 unspecified atom stereocenters. The molecule has 2 rings (SSSR count). The third-order valence-corrected chi connectivity index (χ3v) is 6.34. The molecule has 0 fully saturated rings. The SMILES string of the molecule is CCOC(=O)c1ccc(-c2csc(SCC(O)CNC(C)(C)C)n2)s1.Cl. The number of carbonyl (C=O) groups excluding carboxylic acids is 1. The molecule has 0 spiro atoms. The largest absolute Gasteiger partial charge is 0.462 e. The molecular formula is C17H25ClN2O3S3. The third-order valence-electron chi connectivity index (χ3n) is 3.09. The quantitative estimate of drug-likeness (QED) is 0.474. The van der Waals surface area contributed by atoms with Crippen LogP contribution in [0.2, 0.25) is 0 Å². The highest BCUT2D eigenvalue weighted by atomic mass is 35.5. The van der Waals surface area contributed by atoms with Gasteiger partial charge in [-0.05, 0) is 39.8 Å². The number of halogens is 1. The lowest BCUT2D eigenvalue weighted by Gasteiger charge is -2.22. The lowest BCUT2D eigenvalue weighted by Crippen LogP contribution is -2.41. The number of thiazole rings is 1. The minimum Gasteiger partial charge on any atom is -0.462 e. The first-order valence-electron chi connectivity index (χ1n) is 8.07. The summed E-state index contributed by atoms with van der Waals surface area (Å²) < 4.78 is 5.92. The van der Waals surface area contributed by atoms with Gasteiger partial charge in [-0.2, -0.15) is 0 Å². The second-order valence-corrected chi connectivity index (χ2v) is 9.69. The number of aliphatic hydroxyl groups is 1. The Balaban J connectivity index is 0.00000338. The molecule has 2 heterocycles. The van der Waals surface area contributed by atoms with Crippen LogP contribution in [0.25, 0.3) is 10.6 Å². The molecule has 2 N–H and O–H groups in total. The summed E-state index contributed by atoms with van der Waals surface area (Å²) in [7, 11) is 0. The van der Waals surface area contributed by atoms with E-state index in [-0.39, 0.29) is 23.9 Å². The molecule has 0 saturated carbocycles. The van der Waals surface area contributed by atoms with Gasteiger partial charge in [0.25, 0.3) is 0 Å². The van der Waals surface area contributed by atoms with Gasteiger partial charge in [0.15, 0.2) is 4.34 Å². The predicted octanol–water partition coefficient (Wildman–Crippen LogP) is 4.31. The highest BCUT2D eigenvalue weighted by Crippen LogP contribution is 2.32. The summed E-state index contributed by atoms with van der Waals surface area (Å²) in [4.78, 5) is 17.9. The number of β-amino-alcohol motifs (C(OH)–C–C–N with tert-alkyl or cyclic N) is 1. The summed E-state index contributed by atoms with van der Waals surface area (Å²) in [5, 5.41) is 15.3. The van der Waals surface area contributed by atoms with Crippen LogP contribution in [0.3, 0.4) is 0 Å². The van der Waals surface area contributed by atoms with Gasteiger partial charge >= 0.3 is 5.97 Å². The normalized spacial score (nSPS) is 12.5. The zero-order valence-corrected chi connectivity index (χ0v) is 18.5. The number of hydrogen-bond acceptors (Lipinski definition) is 8. The minimum atomic E-state index is -0.422. The van der Waals surface area contributed by atoms with Crippen LogP contribution in [0.1, 0.15) is 37.4 Å². The van der Waals surface area contributed by atoms with Gasteiger partial charge < -0.3 is 15.2 Å². The monoisotopic (exact) mass is 436 g/mol. The first-order chi connectivity index (χ1) is 11.8. The van der Waals surface area contributed by atoms with Crippen molar-refractivity contribution in [2.45, 2.75) is 43.7 Å². The van der Waals surface area contributed by atoms with E-state index in [1.165, 1.54) is 11.3 Å². The van der Waals surface area contributed by atoms with E-state index in [4.69, 9.17) is 4.74 Å². The number of aromatic nitrogens is 1. The Bertz CT molecular complexity index is 697. The van der Waals surface area contributed by atoms with Crippen LogP contribution >= 0.6 is 46.8 Å². The van der Waals surface area contributed by atoms with Gasteiger partial charge in [0, 0.05) is 23.2 Å². The summed E-state index contributed by atoms with van der Waals surface area (Å²) in [6.45, 7) is 8.95. The molecule has 0 saturated heterocycles. The molecule has 2 aromatic heterocycles. The highest BCUT2D eigenvalue weighted by Gasteiger charge is 2.15. The Morgan fingerprint density at radius 1 is 1.42 bits per heavy atom. The second-order valence-electron chi connectivity index (χ2n) is 6.48. The third kappa shape index (κ3) is 7.54. The van der Waals surface area contributed by atoms with E-state index in [2.05, 4.69) is 31.1 Å². The van der Waals surface area contributed by atoms with Gasteiger partial charge in [-0.1, -0.05) is 11.8 Å². The summed E-state index contributed by atoms with van der Waals surface area (Å²) in [5.74, 6) is 0.298. The molecule has 26 heavy (non-hydrogen) atoms. The maximum atomic E-state index is 11.7. The lowest BCUT2D eigenvalue weighted by molar-refractivity contribution is 0.0532. The molecule has 0 aliphatic heterocycles. The molecule has 2 aromatic rings. The van der Waals surface area contributed by atoms with Crippen molar-refractivity contribution >= 4 is 52.8 Å². The number of hydrogen-bond donors (Lipinski definition) is 2. The first-order valence-corrected chi connectivity index (χ1v) is 10.8. The summed E-state index contributed by atoms with van der Waals surface area (Å²) >= 11 is 4.48. The number of ether oxygens (including phenoxy) is 1. The van der Waals surface area contributed by atoms with Crippen LogP contribution in [-0.2, 0) is 4.74 Å². The van der Waals surface area contributed by atoms with Gasteiger partial charge in [-0.25, -0.2) is 9.78 Å². The van der Waals surface area contributed by atoms with E-state index in [0.29, 0.717) is 23.8 Å². The zero-order valence-electron chi connectivity index (χ0n) is 15.3. The predicted molar refractivity (Wildman–Crippen MR) is 113 cm³/mol. The van der Waals surface area contributed by atoms with Crippen LogP contribution in [0.15, 0.2) is 21.9 Å². The van der Waals surface area contributed by atoms with E-state index in [0.717, 1.165) is 14.9 Å². The number of esters is 1. The number of thioether (sulfide) groups is 1. The first kappa shape index (κ1) is 23.4. The number of rotatable bonds is 8. The minimum absolute atomic E-state index is 0. The smallest absolute Gasteiger partial charge is 0.348 e. The van der Waals surface area contributed by atoms with Gasteiger partial charge in [0.1, 0.15) is 4.88 Å². The van der Waals surface area contributed by atoms with Crippen LogP contribution in [0.5, 0.6) is 0 Å². The number of nitrogens with zero attached hydrogens (tertiary/aromatic N) is 1. The van der Waals surface area contributed by atoms with Gasteiger partial charge in [0.05, 0.1) is 23.3 Å². The summed E-state index contributed by atoms with van der Waals surface area (Å²) in [6.07, 6.45) is -0.422. The van der Waals surface area contributed by atoms with Crippen LogP contribution in [0, 0.1) is 0 Å². The number of aliphatic hydroxyl groups excluding tert-OH is 1. The van der Waals surface area contributed by atoms with Crippen molar-refractivity contribution in [3.05, 3.63) is 22.4 Å². The van der Waals surface area contributed by atoms with Crippen molar-refractivity contribution in [1.29, 1.82) is 0 Å².